The van der Waals surface area contributed by atoms with E-state index >= 15 is 0 Å². The van der Waals surface area contributed by atoms with Crippen LogP contribution < -0.4 is 0 Å². The van der Waals surface area contributed by atoms with E-state index in [-0.39, 0.29) is 0 Å². The van der Waals surface area contributed by atoms with Crippen LogP contribution in [-0.4, -0.2) is 21.1 Å². The first-order valence-electron chi connectivity index (χ1n) is 6.47. The Balaban J connectivity index is 2.04. The van der Waals surface area contributed by atoms with Crippen molar-refractivity contribution in [1.29, 1.82) is 0 Å². The third-order valence-corrected chi connectivity index (χ3v) is 4.04. The smallest absolute Gasteiger partial charge is 0.216 e. The number of benzene rings is 2. The summed E-state index contributed by atoms with van der Waals surface area (Å²) in [7, 11) is 0. The van der Waals surface area contributed by atoms with E-state index in [0.29, 0.717) is 31.2 Å². The summed E-state index contributed by atoms with van der Waals surface area (Å²) >= 11 is 23.3. The molecule has 3 rings (SSSR count). The van der Waals surface area contributed by atoms with Crippen LogP contribution in [0.4, 0.5) is 0 Å². The van der Waals surface area contributed by atoms with E-state index in [0.717, 1.165) is 5.56 Å². The lowest BCUT2D eigenvalue weighted by atomic mass is 10.2. The molecule has 0 aliphatic heterocycles. The Kier molecular flexibility index (Phi) is 4.82. The summed E-state index contributed by atoms with van der Waals surface area (Å²) < 4.78 is 1.84. The lowest BCUT2D eigenvalue weighted by Crippen LogP contribution is -1.95. The maximum absolute atomic E-state index is 6.23. The summed E-state index contributed by atoms with van der Waals surface area (Å²) in [6, 6.07) is 12.4. The van der Waals surface area contributed by atoms with Gasteiger partial charge in [-0.1, -0.05) is 46.9 Å². The Bertz CT molecular complexity index is 946. The molecule has 4 nitrogen and oxygen atoms in total. The molecule has 3 aromatic rings. The Morgan fingerprint density at radius 2 is 1.87 bits per heavy atom. The van der Waals surface area contributed by atoms with Gasteiger partial charge in [-0.05, 0) is 48.1 Å². The van der Waals surface area contributed by atoms with Crippen LogP contribution in [0.3, 0.4) is 0 Å². The highest BCUT2D eigenvalue weighted by molar-refractivity contribution is 7.71. The molecular formula is C15H9Cl3N4S. The lowest BCUT2D eigenvalue weighted by molar-refractivity contribution is 0.871. The van der Waals surface area contributed by atoms with E-state index in [2.05, 4.69) is 15.3 Å². The van der Waals surface area contributed by atoms with Crippen molar-refractivity contribution in [2.45, 2.75) is 0 Å². The Labute approximate surface area is 152 Å². The van der Waals surface area contributed by atoms with Gasteiger partial charge in [-0.2, -0.15) is 14.9 Å². The number of hydrogen-bond acceptors (Lipinski definition) is 3. The molecule has 1 N–H and O–H groups in total. The average molecular weight is 384 g/mol. The molecule has 0 atom stereocenters. The predicted molar refractivity (Wildman–Crippen MR) is 97.3 cm³/mol. The molecule has 0 saturated heterocycles. The quantitative estimate of drug-likeness (QED) is 0.483. The molecule has 0 aliphatic rings. The first-order valence-corrected chi connectivity index (χ1v) is 8.01. The van der Waals surface area contributed by atoms with E-state index in [1.54, 1.807) is 36.5 Å². The number of H-pyrrole nitrogens is 1. The molecule has 0 saturated carbocycles. The summed E-state index contributed by atoms with van der Waals surface area (Å²) in [5.74, 6) is 0.495. The number of nitrogens with zero attached hydrogens (tertiary/aromatic N) is 3. The maximum Gasteiger partial charge on any atom is 0.216 e. The highest BCUT2D eigenvalue weighted by Gasteiger charge is 2.12. The zero-order valence-corrected chi connectivity index (χ0v) is 14.6. The summed E-state index contributed by atoms with van der Waals surface area (Å²) in [6.07, 6.45) is 1.64. The van der Waals surface area contributed by atoms with Crippen LogP contribution in [0.25, 0.3) is 11.4 Å². The van der Waals surface area contributed by atoms with E-state index < -0.39 is 0 Å². The van der Waals surface area contributed by atoms with Gasteiger partial charge in [0.1, 0.15) is 0 Å². The van der Waals surface area contributed by atoms with Gasteiger partial charge >= 0.3 is 0 Å². The fraction of sp³-hybridized carbons (Fsp3) is 0. The number of aromatic nitrogens is 3. The van der Waals surface area contributed by atoms with Crippen molar-refractivity contribution >= 4 is 53.2 Å². The van der Waals surface area contributed by atoms with Gasteiger partial charge in [-0.25, -0.2) is 5.10 Å². The molecule has 0 unspecified atom stereocenters. The van der Waals surface area contributed by atoms with Crippen molar-refractivity contribution in [3.05, 3.63) is 67.9 Å². The molecule has 1 aromatic heterocycles. The third-order valence-electron chi connectivity index (χ3n) is 2.99. The maximum atomic E-state index is 6.23. The summed E-state index contributed by atoms with van der Waals surface area (Å²) in [5.41, 5.74) is 1.51. The van der Waals surface area contributed by atoms with Crippen molar-refractivity contribution in [3.8, 4) is 11.4 Å². The van der Waals surface area contributed by atoms with Crippen LogP contribution in [-0.2, 0) is 0 Å². The molecular weight excluding hydrogens is 375 g/mol. The normalized spacial score (nSPS) is 11.3. The minimum Gasteiger partial charge on any atom is -0.250 e. The predicted octanol–water partition coefficient (Wildman–Crippen LogP) is 5.45. The molecule has 1 heterocycles. The van der Waals surface area contributed by atoms with E-state index in [1.165, 1.54) is 4.68 Å². The number of halogens is 3. The molecule has 2 aromatic carbocycles. The van der Waals surface area contributed by atoms with Crippen LogP contribution in [0.2, 0.25) is 15.1 Å². The summed E-state index contributed by atoms with van der Waals surface area (Å²) in [5, 5.41) is 12.9. The number of nitrogens with one attached hydrogen (secondary N) is 1. The first-order chi connectivity index (χ1) is 11.0. The molecule has 116 valence electrons. The zero-order chi connectivity index (χ0) is 16.4. The summed E-state index contributed by atoms with van der Waals surface area (Å²) in [6.45, 7) is 0. The van der Waals surface area contributed by atoms with Crippen molar-refractivity contribution in [2.75, 3.05) is 0 Å². The van der Waals surface area contributed by atoms with Crippen LogP contribution in [0.15, 0.2) is 47.6 Å². The van der Waals surface area contributed by atoms with Crippen molar-refractivity contribution in [2.24, 2.45) is 5.10 Å². The van der Waals surface area contributed by atoms with Crippen LogP contribution in [0, 0.1) is 4.77 Å². The van der Waals surface area contributed by atoms with E-state index in [4.69, 9.17) is 47.0 Å². The highest BCUT2D eigenvalue weighted by atomic mass is 35.5. The van der Waals surface area contributed by atoms with Crippen molar-refractivity contribution < 1.29 is 0 Å². The first kappa shape index (κ1) is 16.2. The van der Waals surface area contributed by atoms with E-state index in [1.807, 2.05) is 12.1 Å². The molecule has 23 heavy (non-hydrogen) atoms. The lowest BCUT2D eigenvalue weighted by Gasteiger charge is -2.04. The Hall–Kier alpha value is -1.66. The Morgan fingerprint density at radius 3 is 2.61 bits per heavy atom. The number of aromatic amines is 1. The molecule has 0 radical (unpaired) electrons. The second-order valence-corrected chi connectivity index (χ2v) is 6.25. The molecule has 0 bridgehead atoms. The molecule has 0 spiro atoms. The highest BCUT2D eigenvalue weighted by Crippen LogP contribution is 2.29. The van der Waals surface area contributed by atoms with Crippen LogP contribution in [0.5, 0.6) is 0 Å². The van der Waals surface area contributed by atoms with Gasteiger partial charge in [-0.3, -0.25) is 0 Å². The Morgan fingerprint density at radius 1 is 1.09 bits per heavy atom. The molecule has 0 fully saturated rings. The minimum absolute atomic E-state index is 0.351. The van der Waals surface area contributed by atoms with Gasteiger partial charge < -0.3 is 0 Å². The second kappa shape index (κ2) is 6.84. The molecule has 0 aliphatic carbocycles. The van der Waals surface area contributed by atoms with Gasteiger partial charge in [0.2, 0.25) is 4.77 Å². The van der Waals surface area contributed by atoms with Crippen molar-refractivity contribution in [3.63, 3.8) is 0 Å². The second-order valence-electron chi connectivity index (χ2n) is 4.59. The minimum atomic E-state index is 0.351. The number of hydrogen-bond donors (Lipinski definition) is 1. The topological polar surface area (TPSA) is 46.0 Å². The van der Waals surface area contributed by atoms with Gasteiger partial charge in [0.15, 0.2) is 5.82 Å². The molecule has 8 heteroatoms. The standard InChI is InChI=1S/C15H9Cl3N4S/c16-10-3-1-2-9(6-10)8-19-22-14(20-21-15(22)23)12-5-4-11(17)7-13(12)18/h1-8H,(H,21,23)/b19-8+. The largest absolute Gasteiger partial charge is 0.250 e. The molecule has 0 amide bonds. The van der Waals surface area contributed by atoms with E-state index in [9.17, 15) is 0 Å². The fourth-order valence-electron chi connectivity index (χ4n) is 1.96. The zero-order valence-electron chi connectivity index (χ0n) is 11.5. The fourth-order valence-corrected chi connectivity index (χ4v) is 2.83. The third kappa shape index (κ3) is 3.64. The van der Waals surface area contributed by atoms with Gasteiger partial charge in [0.25, 0.3) is 0 Å². The van der Waals surface area contributed by atoms with Crippen molar-refractivity contribution in [1.82, 2.24) is 14.9 Å². The van der Waals surface area contributed by atoms with Gasteiger partial charge in [-0.15, -0.1) is 0 Å². The van der Waals surface area contributed by atoms with Gasteiger partial charge in [0.05, 0.1) is 11.2 Å². The van der Waals surface area contributed by atoms with Crippen LogP contribution >= 0.6 is 47.0 Å². The summed E-state index contributed by atoms with van der Waals surface area (Å²) in [4.78, 5) is 0. The van der Waals surface area contributed by atoms with Gasteiger partial charge in [0, 0.05) is 15.6 Å². The monoisotopic (exact) mass is 382 g/mol. The van der Waals surface area contributed by atoms with Crippen LogP contribution in [0.1, 0.15) is 5.56 Å². The number of rotatable bonds is 3. The SMILES string of the molecule is S=c1[nH]nc(-c2ccc(Cl)cc2Cl)n1/N=C/c1cccc(Cl)c1. The average Bonchev–Trinajstić information content (AvgIpc) is 2.86.